The predicted molar refractivity (Wildman–Crippen MR) is 58.0 cm³/mol. The molecule has 0 spiro atoms. The zero-order valence-corrected chi connectivity index (χ0v) is 10.3. The van der Waals surface area contributed by atoms with E-state index in [0.29, 0.717) is 5.04 Å². The van der Waals surface area contributed by atoms with Crippen LogP contribution >= 0.6 is 0 Å². The molecule has 0 bridgehead atoms. The summed E-state index contributed by atoms with van der Waals surface area (Å²) in [5.41, 5.74) is 0. The van der Waals surface area contributed by atoms with Gasteiger partial charge in [0.05, 0.1) is 0 Å². The zero-order chi connectivity index (χ0) is 9.41. The van der Waals surface area contributed by atoms with Gasteiger partial charge < -0.3 is 4.57 Å². The van der Waals surface area contributed by atoms with Gasteiger partial charge in [-0.1, -0.05) is 33.9 Å². The van der Waals surface area contributed by atoms with Gasteiger partial charge in [-0.15, -0.1) is 0 Å². The van der Waals surface area contributed by atoms with E-state index in [1.54, 1.807) is 0 Å². The number of hydrogen-bond donors (Lipinski definition) is 0. The van der Waals surface area contributed by atoms with Crippen molar-refractivity contribution in [3.63, 3.8) is 0 Å². The fraction of sp³-hybridized carbons (Fsp3) is 1.00. The van der Waals surface area contributed by atoms with E-state index >= 15 is 0 Å². The van der Waals surface area contributed by atoms with Crippen molar-refractivity contribution in [2.45, 2.75) is 51.7 Å². The maximum absolute atomic E-state index is 2.77. The van der Waals surface area contributed by atoms with Gasteiger partial charge in [-0.05, 0) is 31.0 Å². The second kappa shape index (κ2) is 3.15. The molecule has 0 saturated carbocycles. The molecule has 0 unspecified atom stereocenters. The Bertz CT molecular complexity index is 152. The summed E-state index contributed by atoms with van der Waals surface area (Å²) in [6.45, 7) is 14.9. The van der Waals surface area contributed by atoms with Crippen LogP contribution in [-0.2, 0) is 0 Å². The Labute approximate surface area is 78.2 Å². The van der Waals surface area contributed by atoms with Gasteiger partial charge in [0.2, 0.25) is 0 Å². The van der Waals surface area contributed by atoms with E-state index in [1.165, 1.54) is 25.9 Å². The van der Waals surface area contributed by atoms with Crippen LogP contribution in [-0.4, -0.2) is 25.9 Å². The number of hydrogen-bond acceptors (Lipinski definition) is 1. The zero-order valence-electron chi connectivity index (χ0n) is 9.28. The Morgan fingerprint density at radius 2 is 1.42 bits per heavy atom. The van der Waals surface area contributed by atoms with Gasteiger partial charge in [-0.3, -0.25) is 0 Å². The van der Waals surface area contributed by atoms with E-state index in [4.69, 9.17) is 0 Å². The lowest BCUT2D eigenvalue weighted by Gasteiger charge is -2.44. The Balaban J connectivity index is 2.69. The van der Waals surface area contributed by atoms with Crippen LogP contribution in [0.3, 0.4) is 0 Å². The highest BCUT2D eigenvalue weighted by atomic mass is 28.3. The van der Waals surface area contributed by atoms with Crippen LogP contribution in [0.4, 0.5) is 0 Å². The van der Waals surface area contributed by atoms with Crippen LogP contribution in [0, 0.1) is 0 Å². The Kier molecular flexibility index (Phi) is 2.69. The SMILES string of the molecule is CC(C)(C)[Si](C)(C)N1CCCC1. The second-order valence-corrected chi connectivity index (χ2v) is 10.8. The number of nitrogens with zero attached hydrogens (tertiary/aromatic N) is 1. The molecule has 2 heteroatoms. The first kappa shape index (κ1) is 10.3. The lowest BCUT2D eigenvalue weighted by molar-refractivity contribution is 0.479. The van der Waals surface area contributed by atoms with Crippen molar-refractivity contribution in [3.8, 4) is 0 Å². The Morgan fingerprint density at radius 3 is 1.75 bits per heavy atom. The molecule has 0 aromatic carbocycles. The summed E-state index contributed by atoms with van der Waals surface area (Å²) in [5, 5.41) is 0.525. The van der Waals surface area contributed by atoms with E-state index in [-0.39, 0.29) is 0 Å². The Morgan fingerprint density at radius 1 is 1.00 bits per heavy atom. The van der Waals surface area contributed by atoms with Gasteiger partial charge in [0.1, 0.15) is 8.24 Å². The normalized spacial score (nSPS) is 21.8. The topological polar surface area (TPSA) is 3.24 Å². The molecule has 1 fully saturated rings. The minimum absolute atomic E-state index is 0.525. The van der Waals surface area contributed by atoms with Crippen LogP contribution in [0.5, 0.6) is 0 Å². The number of rotatable bonds is 1. The van der Waals surface area contributed by atoms with E-state index < -0.39 is 8.24 Å². The van der Waals surface area contributed by atoms with Gasteiger partial charge in [0, 0.05) is 0 Å². The molecule has 0 N–H and O–H groups in total. The quantitative estimate of drug-likeness (QED) is 0.568. The predicted octanol–water partition coefficient (Wildman–Crippen LogP) is 3.09. The molecule has 1 heterocycles. The molecule has 0 atom stereocenters. The summed E-state index contributed by atoms with van der Waals surface area (Å²) in [4.78, 5) is 0. The molecule has 0 amide bonds. The molecular weight excluding hydrogens is 162 g/mol. The van der Waals surface area contributed by atoms with Crippen molar-refractivity contribution in [3.05, 3.63) is 0 Å². The van der Waals surface area contributed by atoms with E-state index in [2.05, 4.69) is 38.4 Å². The highest BCUT2D eigenvalue weighted by Crippen LogP contribution is 2.39. The van der Waals surface area contributed by atoms with Crippen LogP contribution in [0.2, 0.25) is 18.1 Å². The van der Waals surface area contributed by atoms with Crippen LogP contribution in [0.25, 0.3) is 0 Å². The summed E-state index contributed by atoms with van der Waals surface area (Å²) in [6, 6.07) is 0. The smallest absolute Gasteiger partial charge is 0.127 e. The van der Waals surface area contributed by atoms with Crippen molar-refractivity contribution in [2.75, 3.05) is 13.1 Å². The molecule has 1 aliphatic heterocycles. The first-order chi connectivity index (χ1) is 5.36. The lowest BCUT2D eigenvalue weighted by Crippen LogP contribution is -2.53. The third-order valence-electron chi connectivity index (χ3n) is 3.73. The molecule has 1 rings (SSSR count). The van der Waals surface area contributed by atoms with Crippen molar-refractivity contribution >= 4 is 8.24 Å². The first-order valence-corrected chi connectivity index (χ1v) is 8.05. The molecule has 1 nitrogen and oxygen atoms in total. The van der Waals surface area contributed by atoms with E-state index in [1.807, 2.05) is 0 Å². The molecule has 1 aliphatic rings. The van der Waals surface area contributed by atoms with Gasteiger partial charge in [-0.2, -0.15) is 0 Å². The summed E-state index contributed by atoms with van der Waals surface area (Å²) in [7, 11) is -1.14. The standard InChI is InChI=1S/C10H23NSi/c1-10(2,3)12(4,5)11-8-6-7-9-11/h6-9H2,1-5H3. The van der Waals surface area contributed by atoms with Gasteiger partial charge in [0.15, 0.2) is 0 Å². The monoisotopic (exact) mass is 185 g/mol. The third kappa shape index (κ3) is 1.74. The Hall–Kier alpha value is 0.177. The molecule has 1 saturated heterocycles. The maximum Gasteiger partial charge on any atom is 0.127 e. The van der Waals surface area contributed by atoms with Gasteiger partial charge in [-0.25, -0.2) is 0 Å². The maximum atomic E-state index is 2.77. The van der Waals surface area contributed by atoms with Crippen LogP contribution in [0.1, 0.15) is 33.6 Å². The van der Waals surface area contributed by atoms with Crippen LogP contribution < -0.4 is 0 Å². The first-order valence-electron chi connectivity index (χ1n) is 5.11. The van der Waals surface area contributed by atoms with Gasteiger partial charge >= 0.3 is 0 Å². The van der Waals surface area contributed by atoms with Crippen molar-refractivity contribution in [1.29, 1.82) is 0 Å². The summed E-state index contributed by atoms with van der Waals surface area (Å²) in [6.07, 6.45) is 2.85. The highest BCUT2D eigenvalue weighted by Gasteiger charge is 2.41. The average molecular weight is 185 g/mol. The molecule has 0 radical (unpaired) electrons. The molecule has 12 heavy (non-hydrogen) atoms. The third-order valence-corrected chi connectivity index (χ3v) is 9.43. The average Bonchev–Trinajstić information content (AvgIpc) is 2.34. The van der Waals surface area contributed by atoms with Crippen molar-refractivity contribution in [2.24, 2.45) is 0 Å². The molecule has 0 aromatic rings. The van der Waals surface area contributed by atoms with Crippen molar-refractivity contribution < 1.29 is 0 Å². The fourth-order valence-corrected chi connectivity index (χ4v) is 4.13. The summed E-state index contributed by atoms with van der Waals surface area (Å²) >= 11 is 0. The van der Waals surface area contributed by atoms with E-state index in [0.717, 1.165) is 0 Å². The van der Waals surface area contributed by atoms with Crippen LogP contribution in [0.15, 0.2) is 0 Å². The largest absolute Gasteiger partial charge is 0.323 e. The molecule has 72 valence electrons. The molecular formula is C10H23NSi. The lowest BCUT2D eigenvalue weighted by atomic mass is 10.2. The highest BCUT2D eigenvalue weighted by molar-refractivity contribution is 6.77. The summed E-state index contributed by atoms with van der Waals surface area (Å²) < 4.78 is 2.77. The fourth-order valence-electron chi connectivity index (χ4n) is 1.75. The minimum atomic E-state index is -1.14. The molecule has 0 aliphatic carbocycles. The van der Waals surface area contributed by atoms with Gasteiger partial charge in [0.25, 0.3) is 0 Å². The minimum Gasteiger partial charge on any atom is -0.323 e. The molecule has 0 aromatic heterocycles. The summed E-state index contributed by atoms with van der Waals surface area (Å²) in [5.74, 6) is 0. The van der Waals surface area contributed by atoms with Crippen molar-refractivity contribution in [1.82, 2.24) is 4.57 Å². The van der Waals surface area contributed by atoms with E-state index in [9.17, 15) is 0 Å². The second-order valence-electron chi connectivity index (χ2n) is 5.50.